The molecule has 4 rings (SSSR count). The summed E-state index contributed by atoms with van der Waals surface area (Å²) < 4.78 is 6.84. The Morgan fingerprint density at radius 2 is 1.97 bits per heavy atom. The second-order valence-corrected chi connectivity index (χ2v) is 7.26. The number of ether oxygens (including phenoxy) is 1. The molecule has 2 heterocycles. The van der Waals surface area contributed by atoms with E-state index in [-0.39, 0.29) is 18.8 Å². The Hall–Kier alpha value is -3.71. The number of pyridine rings is 1. The van der Waals surface area contributed by atoms with Gasteiger partial charge in [-0.25, -0.2) is 9.97 Å². The smallest absolute Gasteiger partial charge is 0.284 e. The van der Waals surface area contributed by atoms with Gasteiger partial charge >= 0.3 is 0 Å². The van der Waals surface area contributed by atoms with Crippen molar-refractivity contribution >= 4 is 28.7 Å². The molecule has 1 amide bonds. The number of methoxy groups -OCH3 is 1. The van der Waals surface area contributed by atoms with E-state index in [0.29, 0.717) is 21.9 Å². The fourth-order valence-electron chi connectivity index (χ4n) is 3.29. The summed E-state index contributed by atoms with van der Waals surface area (Å²) in [4.78, 5) is 34.7. The molecule has 0 fully saturated rings. The predicted molar refractivity (Wildman–Crippen MR) is 119 cm³/mol. The third-order valence-electron chi connectivity index (χ3n) is 4.78. The Bertz CT molecular complexity index is 1320. The number of rotatable bonds is 6. The summed E-state index contributed by atoms with van der Waals surface area (Å²) >= 11 is 5.99. The fraction of sp³-hybridized carbons (Fsp3) is 0.130. The van der Waals surface area contributed by atoms with E-state index in [1.54, 1.807) is 43.6 Å². The molecule has 0 bridgehead atoms. The molecule has 31 heavy (non-hydrogen) atoms. The van der Waals surface area contributed by atoms with Crippen LogP contribution in [0.25, 0.3) is 11.2 Å². The molecule has 0 radical (unpaired) electrons. The van der Waals surface area contributed by atoms with Gasteiger partial charge in [0, 0.05) is 23.3 Å². The van der Waals surface area contributed by atoms with Crippen LogP contribution < -0.4 is 15.6 Å². The first-order valence-electron chi connectivity index (χ1n) is 9.57. The third kappa shape index (κ3) is 4.41. The van der Waals surface area contributed by atoms with Crippen LogP contribution in [0.2, 0.25) is 5.02 Å². The number of hydrogen-bond acceptors (Lipinski definition) is 5. The molecule has 0 aliphatic rings. The van der Waals surface area contributed by atoms with E-state index >= 15 is 0 Å². The Kier molecular flexibility index (Phi) is 5.95. The number of nitrogens with zero attached hydrogens (tertiary/aromatic N) is 3. The maximum absolute atomic E-state index is 13.2. The average Bonchev–Trinajstić information content (AvgIpc) is 2.79. The summed E-state index contributed by atoms with van der Waals surface area (Å²) in [6, 6.07) is 17.9. The first kappa shape index (κ1) is 20.6. The Morgan fingerprint density at radius 3 is 2.77 bits per heavy atom. The number of aromatic nitrogens is 3. The van der Waals surface area contributed by atoms with Gasteiger partial charge in [-0.05, 0) is 35.9 Å². The maximum Gasteiger partial charge on any atom is 0.284 e. The zero-order valence-corrected chi connectivity index (χ0v) is 17.5. The van der Waals surface area contributed by atoms with E-state index in [1.165, 1.54) is 4.57 Å². The number of carbonyl (C=O) groups is 1. The summed E-state index contributed by atoms with van der Waals surface area (Å²) in [5.74, 6) is 0.0757. The van der Waals surface area contributed by atoms with Gasteiger partial charge in [0.25, 0.3) is 11.5 Å². The van der Waals surface area contributed by atoms with E-state index < -0.39 is 11.5 Å². The van der Waals surface area contributed by atoms with Crippen LogP contribution in [-0.4, -0.2) is 27.6 Å². The van der Waals surface area contributed by atoms with Crippen LogP contribution in [0.1, 0.15) is 21.6 Å². The van der Waals surface area contributed by atoms with E-state index in [9.17, 15) is 9.59 Å². The number of halogens is 1. The minimum absolute atomic E-state index is 0.188. The third-order valence-corrected chi connectivity index (χ3v) is 5.01. The Balaban J connectivity index is 1.72. The molecule has 2 aromatic carbocycles. The van der Waals surface area contributed by atoms with Crippen molar-refractivity contribution in [2.75, 3.05) is 7.11 Å². The molecule has 0 atom stereocenters. The van der Waals surface area contributed by atoms with Crippen LogP contribution in [0.3, 0.4) is 0 Å². The van der Waals surface area contributed by atoms with Crippen LogP contribution in [-0.2, 0) is 13.1 Å². The van der Waals surface area contributed by atoms with Crippen molar-refractivity contribution in [3.8, 4) is 5.75 Å². The zero-order valence-electron chi connectivity index (χ0n) is 16.7. The molecular weight excluding hydrogens is 416 g/mol. The van der Waals surface area contributed by atoms with Gasteiger partial charge in [-0.3, -0.25) is 14.2 Å². The number of benzene rings is 2. The summed E-state index contributed by atoms with van der Waals surface area (Å²) in [5.41, 5.74) is 1.72. The van der Waals surface area contributed by atoms with Gasteiger partial charge in [0.2, 0.25) is 0 Å². The molecule has 0 aliphatic heterocycles. The van der Waals surface area contributed by atoms with Crippen molar-refractivity contribution in [2.45, 2.75) is 13.1 Å². The molecule has 0 aliphatic carbocycles. The molecule has 0 unspecified atom stereocenters. The second kappa shape index (κ2) is 8.97. The quantitative estimate of drug-likeness (QED) is 0.502. The van der Waals surface area contributed by atoms with Crippen molar-refractivity contribution in [1.29, 1.82) is 0 Å². The highest BCUT2D eigenvalue weighted by Crippen LogP contribution is 2.19. The summed E-state index contributed by atoms with van der Waals surface area (Å²) in [6.45, 7) is 0.408. The number of carbonyl (C=O) groups excluding carboxylic acids is 1. The van der Waals surface area contributed by atoms with Gasteiger partial charge in [-0.15, -0.1) is 0 Å². The minimum Gasteiger partial charge on any atom is -0.496 e. The number of para-hydroxylation sites is 1. The number of fused-ring (bicyclic) bond motifs is 1. The fourth-order valence-corrected chi connectivity index (χ4v) is 3.50. The lowest BCUT2D eigenvalue weighted by Gasteiger charge is -2.13. The largest absolute Gasteiger partial charge is 0.496 e. The van der Waals surface area contributed by atoms with E-state index in [4.69, 9.17) is 16.3 Å². The second-order valence-electron chi connectivity index (χ2n) is 6.82. The lowest BCUT2D eigenvalue weighted by molar-refractivity contribution is 0.0944. The van der Waals surface area contributed by atoms with Gasteiger partial charge in [0.1, 0.15) is 11.3 Å². The van der Waals surface area contributed by atoms with Crippen LogP contribution >= 0.6 is 11.6 Å². The van der Waals surface area contributed by atoms with Crippen LogP contribution in [0, 0.1) is 0 Å². The first-order valence-corrected chi connectivity index (χ1v) is 9.94. The van der Waals surface area contributed by atoms with Gasteiger partial charge in [-0.2, -0.15) is 0 Å². The SMILES string of the molecule is COc1ccccc1Cn1c(=O)c(C(=O)NCc2cccc(Cl)c2)nc2cccnc21. The topological polar surface area (TPSA) is 86.1 Å². The van der Waals surface area contributed by atoms with Crippen LogP contribution in [0.15, 0.2) is 71.7 Å². The minimum atomic E-state index is -0.565. The summed E-state index contributed by atoms with van der Waals surface area (Å²) in [5, 5.41) is 3.31. The molecule has 0 spiro atoms. The highest BCUT2D eigenvalue weighted by Gasteiger charge is 2.19. The molecule has 156 valence electrons. The maximum atomic E-state index is 13.2. The first-order chi connectivity index (χ1) is 15.1. The Morgan fingerprint density at radius 1 is 1.13 bits per heavy atom. The van der Waals surface area contributed by atoms with Gasteiger partial charge in [0.05, 0.1) is 13.7 Å². The van der Waals surface area contributed by atoms with Gasteiger partial charge in [0.15, 0.2) is 11.3 Å². The van der Waals surface area contributed by atoms with Gasteiger partial charge in [-0.1, -0.05) is 41.9 Å². The van der Waals surface area contributed by atoms with Gasteiger partial charge < -0.3 is 10.1 Å². The van der Waals surface area contributed by atoms with Crippen molar-refractivity contribution < 1.29 is 9.53 Å². The molecule has 7 nitrogen and oxygen atoms in total. The average molecular weight is 435 g/mol. The zero-order chi connectivity index (χ0) is 21.8. The normalized spacial score (nSPS) is 10.8. The Labute approximate surface area is 183 Å². The lowest BCUT2D eigenvalue weighted by Crippen LogP contribution is -2.35. The molecule has 0 saturated heterocycles. The van der Waals surface area contributed by atoms with E-state index in [1.807, 2.05) is 30.3 Å². The van der Waals surface area contributed by atoms with Crippen molar-refractivity contribution in [3.05, 3.63) is 99.1 Å². The number of nitrogens with one attached hydrogen (secondary N) is 1. The highest BCUT2D eigenvalue weighted by molar-refractivity contribution is 6.30. The molecule has 0 saturated carbocycles. The van der Waals surface area contributed by atoms with Crippen LogP contribution in [0.4, 0.5) is 0 Å². The molecular formula is C23H19ClN4O3. The van der Waals surface area contributed by atoms with E-state index in [0.717, 1.165) is 11.1 Å². The molecule has 8 heteroatoms. The monoisotopic (exact) mass is 434 g/mol. The van der Waals surface area contributed by atoms with Crippen molar-refractivity contribution in [2.24, 2.45) is 0 Å². The highest BCUT2D eigenvalue weighted by atomic mass is 35.5. The lowest BCUT2D eigenvalue weighted by atomic mass is 10.2. The van der Waals surface area contributed by atoms with E-state index in [2.05, 4.69) is 15.3 Å². The molecule has 2 aromatic heterocycles. The summed E-state index contributed by atoms with van der Waals surface area (Å²) in [6.07, 6.45) is 1.58. The predicted octanol–water partition coefficient (Wildman–Crippen LogP) is 3.43. The number of amides is 1. The molecule has 4 aromatic rings. The standard InChI is InChI=1S/C23H19ClN4O3/c1-31-19-10-3-2-7-16(19)14-28-21-18(9-5-11-25-21)27-20(23(28)30)22(29)26-13-15-6-4-8-17(24)12-15/h2-12H,13-14H2,1H3,(H,26,29). The number of hydrogen-bond donors (Lipinski definition) is 1. The van der Waals surface area contributed by atoms with Crippen molar-refractivity contribution in [3.63, 3.8) is 0 Å². The summed E-state index contributed by atoms with van der Waals surface area (Å²) in [7, 11) is 1.57. The van der Waals surface area contributed by atoms with Crippen molar-refractivity contribution in [1.82, 2.24) is 19.9 Å². The molecule has 1 N–H and O–H groups in total. The van der Waals surface area contributed by atoms with Crippen LogP contribution in [0.5, 0.6) is 5.75 Å².